The Kier molecular flexibility index (Phi) is 42.9. The van der Waals surface area contributed by atoms with Crippen LogP contribution in [0.15, 0.2) is 192 Å². The Bertz CT molecular complexity index is 4680. The maximum atomic E-state index is 13.7. The van der Waals surface area contributed by atoms with Crippen LogP contribution in [0.1, 0.15) is 245 Å². The molecule has 8 aromatic rings. The fourth-order valence-corrected chi connectivity index (χ4v) is 19.2. The van der Waals surface area contributed by atoms with Crippen molar-refractivity contribution in [2.24, 2.45) is 16.8 Å². The van der Waals surface area contributed by atoms with Gasteiger partial charge in [0.2, 0.25) is 5.91 Å². The van der Waals surface area contributed by atoms with Gasteiger partial charge in [0, 0.05) is 190 Å². The molecule has 130 heavy (non-hydrogen) atoms. The summed E-state index contributed by atoms with van der Waals surface area (Å²) in [7, 11) is 24.4. The second-order valence-electron chi connectivity index (χ2n) is 38.2. The number of carbonyl (C=O) groups is 2. The van der Waals surface area contributed by atoms with Crippen molar-refractivity contribution in [2.75, 3.05) is 127 Å². The minimum absolute atomic E-state index is 0.0791. The van der Waals surface area contributed by atoms with Gasteiger partial charge in [-0.2, -0.15) is 0 Å². The van der Waals surface area contributed by atoms with E-state index in [0.717, 1.165) is 186 Å². The van der Waals surface area contributed by atoms with Crippen LogP contribution in [0, 0.1) is 29.2 Å². The summed E-state index contributed by atoms with van der Waals surface area (Å²) in [5.74, 6) is -2.47. The summed E-state index contributed by atoms with van der Waals surface area (Å²) in [4.78, 5) is 37.9. The minimum atomic E-state index is -0.934. The molecule has 6 aliphatic rings. The number of nitrogens with two attached hydrogens (primary N) is 1. The summed E-state index contributed by atoms with van der Waals surface area (Å²) in [6, 6.07) is 56.7. The molecular weight excluding hydrogens is 1700 g/mol. The van der Waals surface area contributed by atoms with Gasteiger partial charge in [-0.1, -0.05) is 197 Å². The van der Waals surface area contributed by atoms with E-state index in [1.54, 1.807) is 0 Å². The molecule has 0 unspecified atom stereocenters. The summed E-state index contributed by atoms with van der Waals surface area (Å²) >= 11 is 3.40. The molecule has 4 atom stereocenters. The number of carbonyl (C=O) groups excluding carboxylic acids is 2. The van der Waals surface area contributed by atoms with Crippen LogP contribution in [0.2, 0.25) is 0 Å². The zero-order valence-corrected chi connectivity index (χ0v) is 81.9. The van der Waals surface area contributed by atoms with Crippen molar-refractivity contribution in [3.8, 4) is 0 Å². The molecule has 0 spiro atoms. The summed E-state index contributed by atoms with van der Waals surface area (Å²) < 4.78 is 55.4. The van der Waals surface area contributed by atoms with Crippen molar-refractivity contribution in [1.29, 1.82) is 0 Å². The lowest BCUT2D eigenvalue weighted by molar-refractivity contribution is -0.121. The number of hydrogen-bond acceptors (Lipinski definition) is 15. The van der Waals surface area contributed by atoms with Crippen LogP contribution < -0.4 is 51.1 Å². The van der Waals surface area contributed by atoms with Crippen LogP contribution in [-0.2, 0) is 50.2 Å². The van der Waals surface area contributed by atoms with Gasteiger partial charge in [0.1, 0.15) is 29.1 Å². The first-order chi connectivity index (χ1) is 62.0. The first-order valence-electron chi connectivity index (χ1n) is 47.4. The van der Waals surface area contributed by atoms with E-state index in [1.807, 2.05) is 102 Å². The van der Waals surface area contributed by atoms with E-state index in [2.05, 4.69) is 207 Å². The fourth-order valence-electron chi connectivity index (χ4n) is 18.8. The topological polar surface area (TPSA) is 225 Å². The molecule has 0 heterocycles. The number of rotatable bonds is 25. The van der Waals surface area contributed by atoms with Gasteiger partial charge >= 0.3 is 0 Å². The molecule has 8 aromatic carbocycles. The van der Waals surface area contributed by atoms with Crippen molar-refractivity contribution in [3.05, 3.63) is 259 Å². The van der Waals surface area contributed by atoms with Crippen LogP contribution in [-0.4, -0.2) is 143 Å². The fraction of sp³-hybridized carbons (Fsp3) is 0.533. The molecule has 0 radical (unpaired) electrons. The van der Waals surface area contributed by atoms with Crippen molar-refractivity contribution in [2.45, 2.75) is 265 Å². The quantitative estimate of drug-likeness (QED) is 0.0122. The second-order valence-corrected chi connectivity index (χ2v) is 39.1. The molecule has 6 saturated carbocycles. The molecule has 8 N–H and O–H groups in total. The number of aliphatic hydroxyl groups is 3. The zero-order valence-electron chi connectivity index (χ0n) is 80.3. The third-order valence-corrected chi connectivity index (χ3v) is 27.2. The van der Waals surface area contributed by atoms with E-state index in [-0.39, 0.29) is 46.9 Å². The molecule has 0 bridgehead atoms. The highest BCUT2D eigenvalue weighted by Crippen LogP contribution is 2.45. The van der Waals surface area contributed by atoms with Crippen LogP contribution >= 0.6 is 15.9 Å². The van der Waals surface area contributed by atoms with E-state index in [0.29, 0.717) is 29.9 Å². The number of anilines is 6. The predicted molar refractivity (Wildman–Crippen MR) is 535 cm³/mol. The monoisotopic (exact) mass is 1850 g/mol. The molecule has 0 aromatic heterocycles. The number of hydrogen-bond donors (Lipinski definition) is 7. The number of halogens is 5. The third kappa shape index (κ3) is 33.3. The Balaban J connectivity index is 0.000000196. The number of amides is 1. The summed E-state index contributed by atoms with van der Waals surface area (Å²) in [5.41, 5.74) is 28.0. The molecule has 23 heteroatoms. The molecule has 1 amide bonds. The molecule has 0 aliphatic heterocycles. The minimum Gasteiger partial charge on any atom is -0.392 e. The van der Waals surface area contributed by atoms with Crippen molar-refractivity contribution < 1.29 is 42.5 Å². The smallest absolute Gasteiger partial charge is 0.217 e. The van der Waals surface area contributed by atoms with Gasteiger partial charge in [-0.15, -0.1) is 0 Å². The highest BCUT2D eigenvalue weighted by molar-refractivity contribution is 9.10. The maximum absolute atomic E-state index is 13.7. The molecular formula is C107H152BrF4N13O5. The van der Waals surface area contributed by atoms with Crippen molar-refractivity contribution >= 4 is 61.7 Å². The average Bonchev–Trinajstić information content (AvgIpc) is 0.801. The van der Waals surface area contributed by atoms with E-state index < -0.39 is 47.1 Å². The van der Waals surface area contributed by atoms with Gasteiger partial charge in [0.15, 0.2) is 0 Å². The van der Waals surface area contributed by atoms with Crippen LogP contribution in [0.4, 0.5) is 51.7 Å². The third-order valence-electron chi connectivity index (χ3n) is 26.7. The standard InChI is InChI=1S/C26H35F2N3O2.C25H34F2N2O.C14H20N4.C14H22N2.C14H21NO.C8H10BrN.C6H10O/c1-18(32)30-24(14-19-12-21(27)16-22(28)13-19)25(33)17-29-26(10-5-4-6-11-26)20-8-7-9-23(15-20)31(2)3;1-18(12-19-13-21(26)16-22(27)14-19)24(30)17-28-25(10-5-4-6-11-25)20-8-7-9-23(15-20)29(2)3;1-18(2)13-8-6-7-12(11-13)14(16-17-15)9-4-3-5-10-14;1-16(2)13-8-6-7-12(11-13)14(15)9-4-3-5-10-14;1-15(2)13-8-6-7-12(11-13)14(16)9-4-3-5-10-14;1-10(2)8-5-3-4-7(9)6-8;7-6-4-2-1-3-5-6/h7-9,12-13,15-16,24-25,29,33H,4-6,10-11,14,17H2,1-3H3,(H,30,32);7-9,13-16,18,24,28,30H,4-6,10-12,17H2,1-3H3;6-8,11H,3-5,9-10H2,1-2H3;6-8,11H,3-5,9-10,15H2,1-2H3;6-8,11,16H,3-5,9-10H2,1-2H3;3-6H,1-2H3;1-5H2/t24-,25+;18-,24+;;;;;/m00...../s1. The Morgan fingerprint density at radius 3 is 1.13 bits per heavy atom. The summed E-state index contributed by atoms with van der Waals surface area (Å²) in [6.07, 6.45) is 32.1. The van der Waals surface area contributed by atoms with Crippen molar-refractivity contribution in [1.82, 2.24) is 16.0 Å². The largest absolute Gasteiger partial charge is 0.392 e. The summed E-state index contributed by atoms with van der Waals surface area (Å²) in [6.45, 7) is 3.99. The van der Waals surface area contributed by atoms with Crippen LogP contribution in [0.5, 0.6) is 0 Å². The van der Waals surface area contributed by atoms with Crippen molar-refractivity contribution in [3.63, 3.8) is 0 Å². The lowest BCUT2D eigenvalue weighted by Gasteiger charge is -2.40. The summed E-state index contributed by atoms with van der Waals surface area (Å²) in [5, 5.41) is 46.6. The number of Topliss-reactive ketones (excluding diaryl/α,β-unsaturated/α-hetero) is 1. The number of ketones is 1. The second kappa shape index (κ2) is 52.4. The van der Waals surface area contributed by atoms with E-state index >= 15 is 0 Å². The number of nitrogens with zero attached hydrogens (tertiary/aromatic N) is 9. The number of azide groups is 1. The maximum Gasteiger partial charge on any atom is 0.217 e. The molecule has 14 rings (SSSR count). The van der Waals surface area contributed by atoms with Gasteiger partial charge in [-0.05, 0) is 243 Å². The Morgan fingerprint density at radius 1 is 0.431 bits per heavy atom. The lowest BCUT2D eigenvalue weighted by Crippen LogP contribution is -2.53. The number of aliphatic hydroxyl groups excluding tert-OH is 2. The van der Waals surface area contributed by atoms with Gasteiger partial charge in [0.25, 0.3) is 0 Å². The Morgan fingerprint density at radius 2 is 0.754 bits per heavy atom. The van der Waals surface area contributed by atoms with Gasteiger partial charge in [0.05, 0.1) is 29.4 Å². The SMILES string of the molecule is CC(=O)N[C@@H](Cc1cc(F)cc(F)c1)[C@H](O)CNC1(c2cccc(N(C)C)c2)CCCCC1.CN(C)c1cccc(Br)c1.CN(C)c1cccc(C2(N)CCCCC2)c1.CN(C)c1cccc(C2(N=[N+]=[N-])CCCCC2)c1.CN(C)c1cccc(C2(O)CCCCC2)c1.C[C@@H](Cc1cc(F)cc(F)c1)[C@H](O)CNC1(c2cccc(N(C)C)c2)CCCCC1.O=C1CCCCC1. The lowest BCUT2D eigenvalue weighted by atomic mass is 9.76. The van der Waals surface area contributed by atoms with E-state index in [4.69, 9.17) is 11.3 Å². The van der Waals surface area contributed by atoms with Crippen LogP contribution in [0.25, 0.3) is 10.4 Å². The molecule has 6 fully saturated rings. The van der Waals surface area contributed by atoms with Crippen LogP contribution in [0.3, 0.4) is 0 Å². The number of nitrogens with one attached hydrogen (secondary N) is 3. The highest BCUT2D eigenvalue weighted by atomic mass is 79.9. The van der Waals surface area contributed by atoms with Gasteiger partial charge in [-0.3, -0.25) is 9.59 Å². The predicted octanol–water partition coefficient (Wildman–Crippen LogP) is 22.9. The number of benzene rings is 8. The first-order valence-corrected chi connectivity index (χ1v) is 48.2. The Labute approximate surface area is 783 Å². The molecule has 0 saturated heterocycles. The average molecular weight is 1860 g/mol. The molecule has 18 nitrogen and oxygen atoms in total. The van der Waals surface area contributed by atoms with E-state index in [9.17, 15) is 42.5 Å². The van der Waals surface area contributed by atoms with E-state index in [1.165, 1.54) is 116 Å². The molecule has 6 aliphatic carbocycles. The first kappa shape index (κ1) is 106. The van der Waals surface area contributed by atoms with Gasteiger partial charge < -0.3 is 66.4 Å². The highest BCUT2D eigenvalue weighted by Gasteiger charge is 2.39. The zero-order chi connectivity index (χ0) is 94.6. The Hall–Kier alpha value is -9.03. The normalized spacial score (nSPS) is 17.8. The molecule has 710 valence electrons. The van der Waals surface area contributed by atoms with Gasteiger partial charge in [-0.25, -0.2) is 17.6 Å².